The highest BCUT2D eigenvalue weighted by atomic mass is 16.5. The second-order valence-electron chi connectivity index (χ2n) is 4.40. The molecule has 0 bridgehead atoms. The number of carboxylic acids is 1. The van der Waals surface area contributed by atoms with Gasteiger partial charge in [-0.3, -0.25) is 0 Å². The van der Waals surface area contributed by atoms with Gasteiger partial charge in [0.15, 0.2) is 0 Å². The monoisotopic (exact) mass is 260 g/mol. The Bertz CT molecular complexity index is 617. The summed E-state index contributed by atoms with van der Waals surface area (Å²) in [7, 11) is 1.60. The van der Waals surface area contributed by atoms with Gasteiger partial charge >= 0.3 is 5.97 Å². The topological polar surface area (TPSA) is 64.3 Å². The van der Waals surface area contributed by atoms with Crippen molar-refractivity contribution in [2.24, 2.45) is 0 Å². The molecule has 0 saturated heterocycles. The van der Waals surface area contributed by atoms with Crippen LogP contribution in [0.15, 0.2) is 24.4 Å². The van der Waals surface area contributed by atoms with Crippen molar-refractivity contribution in [2.75, 3.05) is 7.11 Å². The minimum atomic E-state index is -0.979. The van der Waals surface area contributed by atoms with Crippen LogP contribution in [0.3, 0.4) is 0 Å². The first-order valence-corrected chi connectivity index (χ1v) is 5.92. The molecule has 0 radical (unpaired) electrons. The van der Waals surface area contributed by atoms with Crippen LogP contribution in [0.25, 0.3) is 0 Å². The van der Waals surface area contributed by atoms with Gasteiger partial charge in [-0.1, -0.05) is 17.7 Å². The van der Waals surface area contributed by atoms with Gasteiger partial charge in [0.2, 0.25) is 0 Å². The van der Waals surface area contributed by atoms with Gasteiger partial charge in [-0.15, -0.1) is 0 Å². The third-order valence-electron chi connectivity index (χ3n) is 3.04. The van der Waals surface area contributed by atoms with E-state index in [1.165, 1.54) is 6.20 Å². The molecule has 0 aliphatic carbocycles. The van der Waals surface area contributed by atoms with Crippen molar-refractivity contribution in [3.05, 3.63) is 47.0 Å². The smallest absolute Gasteiger partial charge is 0.354 e. The highest BCUT2D eigenvalue weighted by Gasteiger charge is 2.15. The molecular weight excluding hydrogens is 244 g/mol. The van der Waals surface area contributed by atoms with Crippen LogP contribution in [0.5, 0.6) is 5.75 Å². The Kier molecular flexibility index (Phi) is 3.55. The Morgan fingerprint density at radius 3 is 2.79 bits per heavy atom. The number of aromatic carboxylic acids is 1. The molecule has 0 spiro atoms. The molecule has 0 fully saturated rings. The molecule has 0 aliphatic heterocycles. The fourth-order valence-electron chi connectivity index (χ4n) is 2.04. The number of hydrogen-bond acceptors (Lipinski definition) is 3. The minimum absolute atomic E-state index is 0.182. The second-order valence-corrected chi connectivity index (χ2v) is 4.40. The summed E-state index contributed by atoms with van der Waals surface area (Å²) < 4.78 is 6.97. The Labute approximate surface area is 111 Å². The summed E-state index contributed by atoms with van der Waals surface area (Å²) in [5.74, 6) is 0.434. The zero-order valence-corrected chi connectivity index (χ0v) is 11.2. The SMILES string of the molecule is COc1ccc(C)cc1Cn1c(C(=O)O)cnc1C. The number of nitrogens with zero attached hydrogens (tertiary/aromatic N) is 2. The van der Waals surface area contributed by atoms with Crippen LogP contribution >= 0.6 is 0 Å². The van der Waals surface area contributed by atoms with E-state index in [1.807, 2.05) is 25.1 Å². The number of carbonyl (C=O) groups is 1. The lowest BCUT2D eigenvalue weighted by atomic mass is 10.1. The Hall–Kier alpha value is -2.30. The van der Waals surface area contributed by atoms with Gasteiger partial charge in [0.25, 0.3) is 0 Å². The minimum Gasteiger partial charge on any atom is -0.496 e. The number of imidazole rings is 1. The maximum Gasteiger partial charge on any atom is 0.354 e. The number of benzene rings is 1. The van der Waals surface area contributed by atoms with E-state index in [2.05, 4.69) is 4.98 Å². The quantitative estimate of drug-likeness (QED) is 0.915. The predicted molar refractivity (Wildman–Crippen MR) is 70.8 cm³/mol. The average molecular weight is 260 g/mol. The van der Waals surface area contributed by atoms with Gasteiger partial charge in [-0.05, 0) is 19.9 Å². The first-order chi connectivity index (χ1) is 9.02. The molecule has 0 saturated carbocycles. The van der Waals surface area contributed by atoms with E-state index in [-0.39, 0.29) is 5.69 Å². The number of methoxy groups -OCH3 is 1. The maximum atomic E-state index is 11.2. The Morgan fingerprint density at radius 1 is 1.42 bits per heavy atom. The Morgan fingerprint density at radius 2 is 2.16 bits per heavy atom. The molecule has 5 heteroatoms. The summed E-state index contributed by atoms with van der Waals surface area (Å²) >= 11 is 0. The number of ether oxygens (including phenoxy) is 1. The largest absolute Gasteiger partial charge is 0.496 e. The van der Waals surface area contributed by atoms with Crippen molar-refractivity contribution < 1.29 is 14.6 Å². The number of rotatable bonds is 4. The van der Waals surface area contributed by atoms with Crippen LogP contribution in [0, 0.1) is 13.8 Å². The fraction of sp³-hybridized carbons (Fsp3) is 0.286. The second kappa shape index (κ2) is 5.14. The van der Waals surface area contributed by atoms with Crippen molar-refractivity contribution >= 4 is 5.97 Å². The molecule has 19 heavy (non-hydrogen) atoms. The van der Waals surface area contributed by atoms with Gasteiger partial charge in [-0.25, -0.2) is 9.78 Å². The zero-order valence-electron chi connectivity index (χ0n) is 11.2. The van der Waals surface area contributed by atoms with Crippen LogP contribution in [0.4, 0.5) is 0 Å². The van der Waals surface area contributed by atoms with Crippen molar-refractivity contribution in [3.63, 3.8) is 0 Å². The predicted octanol–water partition coefficient (Wildman–Crippen LogP) is 2.26. The molecule has 2 rings (SSSR count). The van der Waals surface area contributed by atoms with Crippen molar-refractivity contribution in [1.82, 2.24) is 9.55 Å². The van der Waals surface area contributed by atoms with Gasteiger partial charge in [-0.2, -0.15) is 0 Å². The molecule has 0 unspecified atom stereocenters. The summed E-state index contributed by atoms with van der Waals surface area (Å²) in [6.45, 7) is 4.20. The molecule has 0 aliphatic rings. The van der Waals surface area contributed by atoms with Crippen LogP contribution in [-0.4, -0.2) is 27.7 Å². The van der Waals surface area contributed by atoms with Crippen molar-refractivity contribution in [1.29, 1.82) is 0 Å². The first-order valence-electron chi connectivity index (χ1n) is 5.92. The average Bonchev–Trinajstić information content (AvgIpc) is 2.72. The molecule has 1 aromatic heterocycles. The molecule has 2 aromatic rings. The third-order valence-corrected chi connectivity index (χ3v) is 3.04. The summed E-state index contributed by atoms with van der Waals surface area (Å²) in [5.41, 5.74) is 2.22. The molecule has 5 nitrogen and oxygen atoms in total. The molecular formula is C14H16N2O3. The lowest BCUT2D eigenvalue weighted by Crippen LogP contribution is -2.11. The zero-order chi connectivity index (χ0) is 14.0. The summed E-state index contributed by atoms with van der Waals surface area (Å²) in [5, 5.41) is 9.15. The summed E-state index contributed by atoms with van der Waals surface area (Å²) in [6, 6.07) is 5.84. The van der Waals surface area contributed by atoms with E-state index in [0.717, 1.165) is 16.9 Å². The molecule has 100 valence electrons. The normalized spacial score (nSPS) is 10.5. The van der Waals surface area contributed by atoms with Crippen LogP contribution in [0.1, 0.15) is 27.4 Å². The van der Waals surface area contributed by atoms with E-state index in [9.17, 15) is 4.79 Å². The van der Waals surface area contributed by atoms with Crippen molar-refractivity contribution in [3.8, 4) is 5.75 Å². The van der Waals surface area contributed by atoms with E-state index in [1.54, 1.807) is 18.6 Å². The Balaban J connectivity index is 2.44. The highest BCUT2D eigenvalue weighted by molar-refractivity contribution is 5.85. The van der Waals surface area contributed by atoms with Gasteiger partial charge in [0.1, 0.15) is 17.3 Å². The van der Waals surface area contributed by atoms with Gasteiger partial charge < -0.3 is 14.4 Å². The highest BCUT2D eigenvalue weighted by Crippen LogP contribution is 2.22. The fourth-order valence-corrected chi connectivity index (χ4v) is 2.04. The molecule has 1 heterocycles. The van der Waals surface area contributed by atoms with Crippen LogP contribution in [0.2, 0.25) is 0 Å². The standard InChI is InChI=1S/C14H16N2O3/c1-9-4-5-13(19-3)11(6-9)8-16-10(2)15-7-12(16)14(17)18/h4-7H,8H2,1-3H3,(H,17,18). The summed E-state index contributed by atoms with van der Waals surface area (Å²) in [6.07, 6.45) is 1.37. The number of aromatic nitrogens is 2. The molecule has 0 atom stereocenters. The van der Waals surface area contributed by atoms with Crippen LogP contribution in [-0.2, 0) is 6.54 Å². The third kappa shape index (κ3) is 2.59. The first kappa shape index (κ1) is 13.1. The maximum absolute atomic E-state index is 11.2. The van der Waals surface area contributed by atoms with E-state index >= 15 is 0 Å². The van der Waals surface area contributed by atoms with E-state index in [4.69, 9.17) is 9.84 Å². The van der Waals surface area contributed by atoms with E-state index < -0.39 is 5.97 Å². The van der Waals surface area contributed by atoms with Gasteiger partial charge in [0.05, 0.1) is 19.9 Å². The molecule has 1 aromatic carbocycles. The number of aryl methyl sites for hydroxylation is 2. The molecule has 0 amide bonds. The summed E-state index contributed by atoms with van der Waals surface area (Å²) in [4.78, 5) is 15.2. The van der Waals surface area contributed by atoms with Gasteiger partial charge in [0, 0.05) is 5.56 Å². The van der Waals surface area contributed by atoms with Crippen molar-refractivity contribution in [2.45, 2.75) is 20.4 Å². The lowest BCUT2D eigenvalue weighted by molar-refractivity contribution is 0.0685. The number of carboxylic acid groups (broad SMARTS) is 1. The molecule has 1 N–H and O–H groups in total. The lowest BCUT2D eigenvalue weighted by Gasteiger charge is -2.12. The van der Waals surface area contributed by atoms with E-state index in [0.29, 0.717) is 12.4 Å². The van der Waals surface area contributed by atoms with Crippen LogP contribution < -0.4 is 4.74 Å². The number of hydrogen-bond donors (Lipinski definition) is 1.